The van der Waals surface area contributed by atoms with Crippen LogP contribution in [-0.2, 0) is 11.8 Å². The Morgan fingerprint density at radius 3 is 2.61 bits per heavy atom. The summed E-state index contributed by atoms with van der Waals surface area (Å²) in [6, 6.07) is 11.7. The van der Waals surface area contributed by atoms with Gasteiger partial charge in [0.1, 0.15) is 5.82 Å². The molecular weight excluding hydrogens is 392 g/mol. The van der Waals surface area contributed by atoms with Crippen LogP contribution in [0.3, 0.4) is 0 Å². The van der Waals surface area contributed by atoms with Gasteiger partial charge in [0.15, 0.2) is 11.7 Å². The van der Waals surface area contributed by atoms with Crippen LogP contribution in [0.15, 0.2) is 52.1 Å². The van der Waals surface area contributed by atoms with Crippen molar-refractivity contribution in [3.8, 4) is 11.6 Å². The van der Waals surface area contributed by atoms with Crippen molar-refractivity contribution in [2.75, 3.05) is 19.6 Å². The summed E-state index contributed by atoms with van der Waals surface area (Å²) in [6.45, 7) is 10.2. The van der Waals surface area contributed by atoms with E-state index < -0.39 is 6.10 Å². The second-order valence-corrected chi connectivity index (χ2v) is 8.37. The van der Waals surface area contributed by atoms with Gasteiger partial charge in [0, 0.05) is 19.5 Å². The zero-order valence-electron chi connectivity index (χ0n) is 18.6. The van der Waals surface area contributed by atoms with Gasteiger partial charge in [-0.1, -0.05) is 45.0 Å². The van der Waals surface area contributed by atoms with Crippen LogP contribution in [0.2, 0.25) is 0 Å². The van der Waals surface area contributed by atoms with Crippen LogP contribution < -0.4 is 10.6 Å². The summed E-state index contributed by atoms with van der Waals surface area (Å²) >= 11 is 0. The molecule has 0 aliphatic rings. The molecule has 3 aromatic rings. The van der Waals surface area contributed by atoms with E-state index in [-0.39, 0.29) is 12.0 Å². The van der Waals surface area contributed by atoms with Crippen molar-refractivity contribution < 1.29 is 9.52 Å². The van der Waals surface area contributed by atoms with E-state index in [0.29, 0.717) is 30.5 Å². The molecule has 0 saturated heterocycles. The fourth-order valence-corrected chi connectivity index (χ4v) is 3.05. The SMILES string of the molecule is CCNC(=NCC(O)c1ccc(C(C)(C)C)cc1)NCCc1nc(-c2ccco2)n[nH]1. The monoisotopic (exact) mass is 424 g/mol. The number of guanidine groups is 1. The first-order chi connectivity index (χ1) is 14.9. The van der Waals surface area contributed by atoms with E-state index in [4.69, 9.17) is 4.42 Å². The number of aliphatic hydroxyl groups is 1. The number of rotatable bonds is 8. The molecule has 0 aliphatic heterocycles. The second-order valence-electron chi connectivity index (χ2n) is 8.37. The predicted molar refractivity (Wildman–Crippen MR) is 122 cm³/mol. The van der Waals surface area contributed by atoms with Crippen molar-refractivity contribution >= 4 is 5.96 Å². The van der Waals surface area contributed by atoms with Gasteiger partial charge < -0.3 is 20.2 Å². The minimum absolute atomic E-state index is 0.0893. The topological polar surface area (TPSA) is 111 Å². The average molecular weight is 425 g/mol. The lowest BCUT2D eigenvalue weighted by Crippen LogP contribution is -2.38. The molecular formula is C23H32N6O2. The molecule has 4 N–H and O–H groups in total. The number of hydrogen-bond donors (Lipinski definition) is 4. The number of aliphatic hydroxyl groups excluding tert-OH is 1. The molecule has 1 aromatic carbocycles. The highest BCUT2D eigenvalue weighted by Crippen LogP contribution is 2.24. The molecule has 0 spiro atoms. The standard InChI is InChI=1S/C23H32N6O2/c1-5-24-22(25-13-12-20-27-21(29-28-20)19-7-6-14-31-19)26-15-18(30)16-8-10-17(11-9-16)23(2,3)4/h6-11,14,18,30H,5,12-13,15H2,1-4H3,(H2,24,25,26)(H,27,28,29). The molecule has 1 atom stereocenters. The van der Waals surface area contributed by atoms with Gasteiger partial charge in [-0.05, 0) is 35.6 Å². The van der Waals surface area contributed by atoms with Crippen LogP contribution in [0.1, 0.15) is 50.8 Å². The summed E-state index contributed by atoms with van der Waals surface area (Å²) in [6.07, 6.45) is 1.59. The van der Waals surface area contributed by atoms with Gasteiger partial charge in [-0.15, -0.1) is 0 Å². The highest BCUT2D eigenvalue weighted by Gasteiger charge is 2.15. The maximum absolute atomic E-state index is 10.5. The van der Waals surface area contributed by atoms with Gasteiger partial charge in [0.25, 0.3) is 0 Å². The molecule has 3 rings (SSSR count). The normalized spacial score (nSPS) is 13.3. The molecule has 2 heterocycles. The Morgan fingerprint density at radius 1 is 1.19 bits per heavy atom. The number of nitrogens with one attached hydrogen (secondary N) is 3. The third kappa shape index (κ3) is 6.42. The van der Waals surface area contributed by atoms with E-state index in [9.17, 15) is 5.11 Å². The van der Waals surface area contributed by atoms with Crippen molar-refractivity contribution in [2.24, 2.45) is 4.99 Å². The first kappa shape index (κ1) is 22.6. The predicted octanol–water partition coefficient (Wildman–Crippen LogP) is 3.19. The van der Waals surface area contributed by atoms with Gasteiger partial charge in [-0.2, -0.15) is 5.10 Å². The first-order valence-electron chi connectivity index (χ1n) is 10.6. The number of nitrogens with zero attached hydrogens (tertiary/aromatic N) is 3. The number of hydrogen-bond acceptors (Lipinski definition) is 5. The Bertz CT molecular complexity index is 955. The Kier molecular flexibility index (Phi) is 7.46. The molecule has 0 radical (unpaired) electrons. The van der Waals surface area contributed by atoms with Crippen LogP contribution in [0.5, 0.6) is 0 Å². The van der Waals surface area contributed by atoms with E-state index in [2.05, 4.69) is 63.7 Å². The molecule has 8 nitrogen and oxygen atoms in total. The third-order valence-corrected chi connectivity index (χ3v) is 4.86. The zero-order chi connectivity index (χ0) is 22.3. The number of aliphatic imine (C=N–C) groups is 1. The van der Waals surface area contributed by atoms with E-state index >= 15 is 0 Å². The van der Waals surface area contributed by atoms with Crippen LogP contribution in [-0.4, -0.2) is 45.9 Å². The van der Waals surface area contributed by atoms with Crippen LogP contribution in [0.25, 0.3) is 11.6 Å². The highest BCUT2D eigenvalue weighted by molar-refractivity contribution is 5.79. The van der Waals surface area contributed by atoms with Crippen molar-refractivity contribution in [1.82, 2.24) is 25.8 Å². The number of furan rings is 1. The molecule has 0 aliphatic carbocycles. The van der Waals surface area contributed by atoms with Gasteiger partial charge >= 0.3 is 0 Å². The Labute approximate surface area is 183 Å². The molecule has 0 fully saturated rings. The number of aromatic nitrogens is 3. The largest absolute Gasteiger partial charge is 0.461 e. The summed E-state index contributed by atoms with van der Waals surface area (Å²) < 4.78 is 5.31. The third-order valence-electron chi connectivity index (χ3n) is 4.86. The Morgan fingerprint density at radius 2 is 1.97 bits per heavy atom. The van der Waals surface area contributed by atoms with E-state index in [1.54, 1.807) is 12.3 Å². The smallest absolute Gasteiger partial charge is 0.216 e. The van der Waals surface area contributed by atoms with Crippen molar-refractivity contribution in [2.45, 2.75) is 45.6 Å². The van der Waals surface area contributed by atoms with Gasteiger partial charge in [0.2, 0.25) is 5.82 Å². The molecule has 0 saturated carbocycles. The van der Waals surface area contributed by atoms with Crippen molar-refractivity contribution in [3.63, 3.8) is 0 Å². The molecule has 0 amide bonds. The van der Waals surface area contributed by atoms with E-state index in [0.717, 1.165) is 17.9 Å². The van der Waals surface area contributed by atoms with Gasteiger partial charge in [-0.3, -0.25) is 10.1 Å². The fourth-order valence-electron chi connectivity index (χ4n) is 3.05. The first-order valence-corrected chi connectivity index (χ1v) is 10.6. The molecule has 0 bridgehead atoms. The maximum Gasteiger partial charge on any atom is 0.216 e. The minimum Gasteiger partial charge on any atom is -0.461 e. The van der Waals surface area contributed by atoms with E-state index in [1.165, 1.54) is 5.56 Å². The second kappa shape index (κ2) is 10.3. The lowest BCUT2D eigenvalue weighted by atomic mass is 9.86. The van der Waals surface area contributed by atoms with Gasteiger partial charge in [0.05, 0.1) is 18.9 Å². The van der Waals surface area contributed by atoms with Gasteiger partial charge in [-0.25, -0.2) is 4.98 Å². The summed E-state index contributed by atoms with van der Waals surface area (Å²) in [5, 5.41) is 24.1. The van der Waals surface area contributed by atoms with Crippen LogP contribution in [0.4, 0.5) is 0 Å². The summed E-state index contributed by atoms with van der Waals surface area (Å²) in [5.74, 6) is 2.59. The Hall–Kier alpha value is -3.13. The Balaban J connectivity index is 1.52. The average Bonchev–Trinajstić information content (AvgIpc) is 3.43. The fraction of sp³-hybridized carbons (Fsp3) is 0.435. The van der Waals surface area contributed by atoms with Crippen molar-refractivity contribution in [1.29, 1.82) is 0 Å². The van der Waals surface area contributed by atoms with Crippen LogP contribution in [0, 0.1) is 0 Å². The van der Waals surface area contributed by atoms with Crippen molar-refractivity contribution in [3.05, 3.63) is 59.6 Å². The number of benzene rings is 1. The lowest BCUT2D eigenvalue weighted by Gasteiger charge is -2.20. The summed E-state index contributed by atoms with van der Waals surface area (Å²) in [4.78, 5) is 8.95. The number of H-pyrrole nitrogens is 1. The molecule has 1 unspecified atom stereocenters. The summed E-state index contributed by atoms with van der Waals surface area (Å²) in [7, 11) is 0. The summed E-state index contributed by atoms with van der Waals surface area (Å²) in [5.41, 5.74) is 2.19. The molecule has 166 valence electrons. The lowest BCUT2D eigenvalue weighted by molar-refractivity contribution is 0.187. The molecule has 2 aromatic heterocycles. The van der Waals surface area contributed by atoms with Crippen LogP contribution >= 0.6 is 0 Å². The maximum atomic E-state index is 10.5. The molecule has 8 heteroatoms. The zero-order valence-corrected chi connectivity index (χ0v) is 18.6. The minimum atomic E-state index is -0.658. The number of aromatic amines is 1. The highest BCUT2D eigenvalue weighted by atomic mass is 16.3. The quantitative estimate of drug-likeness (QED) is 0.326. The molecule has 31 heavy (non-hydrogen) atoms. The van der Waals surface area contributed by atoms with E-state index in [1.807, 2.05) is 25.1 Å².